The van der Waals surface area contributed by atoms with Gasteiger partial charge in [0.15, 0.2) is 0 Å². The third-order valence-electron chi connectivity index (χ3n) is 3.29. The Bertz CT molecular complexity index is 414. The van der Waals surface area contributed by atoms with E-state index in [2.05, 4.69) is 16.7 Å². The second-order valence-corrected chi connectivity index (χ2v) is 6.69. The van der Waals surface area contributed by atoms with Gasteiger partial charge >= 0.3 is 0 Å². The van der Waals surface area contributed by atoms with Crippen molar-refractivity contribution >= 4 is 29.0 Å². The molecule has 0 saturated carbocycles. The quantitative estimate of drug-likeness (QED) is 0.817. The highest BCUT2D eigenvalue weighted by atomic mass is 32.2. The van der Waals surface area contributed by atoms with Crippen LogP contribution in [-0.2, 0) is 6.42 Å². The van der Waals surface area contributed by atoms with E-state index in [1.807, 2.05) is 24.3 Å². The zero-order chi connectivity index (χ0) is 14.2. The molecule has 0 aliphatic carbocycles. The van der Waals surface area contributed by atoms with E-state index in [-0.39, 0.29) is 0 Å². The molecule has 0 aromatic heterocycles. The van der Waals surface area contributed by atoms with Crippen molar-refractivity contribution in [3.05, 3.63) is 29.8 Å². The molecule has 0 spiro atoms. The fourth-order valence-electron chi connectivity index (χ4n) is 2.22. The van der Waals surface area contributed by atoms with Crippen LogP contribution in [0.1, 0.15) is 12.0 Å². The molecule has 110 valence electrons. The summed E-state index contributed by atoms with van der Waals surface area (Å²) in [5.41, 5.74) is 6.66. The molecule has 1 aromatic carbocycles. The zero-order valence-electron chi connectivity index (χ0n) is 11.7. The van der Waals surface area contributed by atoms with Gasteiger partial charge in [0.05, 0.1) is 4.99 Å². The summed E-state index contributed by atoms with van der Waals surface area (Å²) < 4.78 is 5.80. The fourth-order valence-corrected chi connectivity index (χ4v) is 3.31. The van der Waals surface area contributed by atoms with E-state index < -0.39 is 0 Å². The molecule has 2 N–H and O–H groups in total. The maximum absolute atomic E-state index is 5.80. The monoisotopic (exact) mass is 310 g/mol. The van der Waals surface area contributed by atoms with E-state index in [0.717, 1.165) is 24.5 Å². The summed E-state index contributed by atoms with van der Waals surface area (Å²) in [5.74, 6) is 3.45. The number of rotatable bonds is 6. The van der Waals surface area contributed by atoms with Gasteiger partial charge in [-0.05, 0) is 36.4 Å². The molecule has 20 heavy (non-hydrogen) atoms. The highest BCUT2D eigenvalue weighted by Crippen LogP contribution is 2.13. The minimum absolute atomic E-state index is 0.526. The minimum Gasteiger partial charge on any atom is -0.492 e. The molecular formula is C15H22N2OS2. The van der Waals surface area contributed by atoms with Crippen molar-refractivity contribution in [3.63, 3.8) is 0 Å². The smallest absolute Gasteiger partial charge is 0.119 e. The molecule has 1 heterocycles. The molecule has 1 fully saturated rings. The number of hydrogen-bond donors (Lipinski definition) is 1. The summed E-state index contributed by atoms with van der Waals surface area (Å²) in [6, 6.07) is 8.03. The molecule has 3 nitrogen and oxygen atoms in total. The molecule has 1 aliphatic rings. The number of thioether (sulfide) groups is 1. The minimum atomic E-state index is 0.526. The largest absolute Gasteiger partial charge is 0.492 e. The van der Waals surface area contributed by atoms with Crippen LogP contribution in [0.25, 0.3) is 0 Å². The summed E-state index contributed by atoms with van der Waals surface area (Å²) in [6.07, 6.45) is 1.94. The maximum atomic E-state index is 5.80. The van der Waals surface area contributed by atoms with Gasteiger partial charge in [0.25, 0.3) is 0 Å². The summed E-state index contributed by atoms with van der Waals surface area (Å²) in [6.45, 7) is 4.14. The van der Waals surface area contributed by atoms with Gasteiger partial charge in [-0.15, -0.1) is 0 Å². The summed E-state index contributed by atoms with van der Waals surface area (Å²) >= 11 is 6.96. The predicted molar refractivity (Wildman–Crippen MR) is 90.8 cm³/mol. The van der Waals surface area contributed by atoms with Crippen molar-refractivity contribution in [3.8, 4) is 5.75 Å². The number of hydrogen-bond acceptors (Lipinski definition) is 4. The fraction of sp³-hybridized carbons (Fsp3) is 0.533. The van der Waals surface area contributed by atoms with Crippen molar-refractivity contribution in [1.82, 2.24) is 4.90 Å². The lowest BCUT2D eigenvalue weighted by Crippen LogP contribution is -2.30. The number of thiocarbonyl (C=S) groups is 1. The van der Waals surface area contributed by atoms with E-state index in [1.165, 1.54) is 31.0 Å². The number of ether oxygens (including phenoxy) is 1. The Morgan fingerprint density at radius 1 is 1.25 bits per heavy atom. The second kappa shape index (κ2) is 8.49. The van der Waals surface area contributed by atoms with Crippen LogP contribution in [0.4, 0.5) is 0 Å². The molecule has 5 heteroatoms. The number of nitrogens with two attached hydrogens (primary N) is 1. The Morgan fingerprint density at radius 3 is 2.80 bits per heavy atom. The molecule has 0 radical (unpaired) electrons. The van der Waals surface area contributed by atoms with Crippen LogP contribution < -0.4 is 10.5 Å². The van der Waals surface area contributed by atoms with Crippen molar-refractivity contribution in [2.24, 2.45) is 5.73 Å². The standard InChI is InChI=1S/C15H22N2OS2/c16-15(19)12-13-2-4-14(5-3-13)18-9-7-17-6-1-10-20-11-8-17/h2-5H,1,6-12H2,(H2,16,19). The lowest BCUT2D eigenvalue weighted by molar-refractivity contribution is 0.219. The van der Waals surface area contributed by atoms with Crippen LogP contribution >= 0.6 is 24.0 Å². The summed E-state index contributed by atoms with van der Waals surface area (Å²) in [7, 11) is 0. The van der Waals surface area contributed by atoms with E-state index in [9.17, 15) is 0 Å². The van der Waals surface area contributed by atoms with Crippen LogP contribution in [0, 0.1) is 0 Å². The summed E-state index contributed by atoms with van der Waals surface area (Å²) in [4.78, 5) is 3.01. The highest BCUT2D eigenvalue weighted by molar-refractivity contribution is 7.99. The third-order valence-corrected chi connectivity index (χ3v) is 4.49. The van der Waals surface area contributed by atoms with Crippen molar-refractivity contribution < 1.29 is 4.74 Å². The average Bonchev–Trinajstić information content (AvgIpc) is 2.69. The number of nitrogens with zero attached hydrogens (tertiary/aromatic N) is 1. The van der Waals surface area contributed by atoms with Crippen LogP contribution in [0.2, 0.25) is 0 Å². The Labute approximate surface area is 130 Å². The molecule has 1 aromatic rings. The first-order valence-electron chi connectivity index (χ1n) is 7.04. The lowest BCUT2D eigenvalue weighted by Gasteiger charge is -2.19. The first-order chi connectivity index (χ1) is 9.74. The Balaban J connectivity index is 1.71. The molecule has 1 saturated heterocycles. The SMILES string of the molecule is NC(=S)Cc1ccc(OCCN2CCCSCC2)cc1. The Morgan fingerprint density at radius 2 is 2.05 bits per heavy atom. The predicted octanol–water partition coefficient (Wildman–Crippen LogP) is 2.33. The number of benzene rings is 1. The van der Waals surface area contributed by atoms with Crippen LogP contribution in [0.15, 0.2) is 24.3 Å². The topological polar surface area (TPSA) is 38.5 Å². The van der Waals surface area contributed by atoms with Gasteiger partial charge in [0, 0.05) is 25.3 Å². The normalized spacial score (nSPS) is 16.6. The van der Waals surface area contributed by atoms with Gasteiger partial charge in [0.2, 0.25) is 0 Å². The molecular weight excluding hydrogens is 288 g/mol. The zero-order valence-corrected chi connectivity index (χ0v) is 13.3. The average molecular weight is 310 g/mol. The van der Waals surface area contributed by atoms with Gasteiger partial charge < -0.3 is 10.5 Å². The Kier molecular flexibility index (Phi) is 6.63. The van der Waals surface area contributed by atoms with Gasteiger partial charge in [0.1, 0.15) is 12.4 Å². The van der Waals surface area contributed by atoms with E-state index in [0.29, 0.717) is 11.4 Å². The van der Waals surface area contributed by atoms with Gasteiger partial charge in [-0.25, -0.2) is 0 Å². The molecule has 1 aliphatic heterocycles. The van der Waals surface area contributed by atoms with Crippen molar-refractivity contribution in [1.29, 1.82) is 0 Å². The van der Waals surface area contributed by atoms with Crippen LogP contribution in [0.3, 0.4) is 0 Å². The van der Waals surface area contributed by atoms with Gasteiger partial charge in [-0.1, -0.05) is 24.4 Å². The van der Waals surface area contributed by atoms with E-state index in [1.54, 1.807) is 0 Å². The van der Waals surface area contributed by atoms with E-state index in [4.69, 9.17) is 22.7 Å². The maximum Gasteiger partial charge on any atom is 0.119 e. The Hall–Kier alpha value is -0.780. The van der Waals surface area contributed by atoms with Gasteiger partial charge in [-0.3, -0.25) is 4.90 Å². The van der Waals surface area contributed by atoms with Gasteiger partial charge in [-0.2, -0.15) is 11.8 Å². The first kappa shape index (κ1) is 15.6. The summed E-state index contributed by atoms with van der Waals surface area (Å²) in [5, 5.41) is 0. The van der Waals surface area contributed by atoms with Crippen LogP contribution in [0.5, 0.6) is 5.75 Å². The molecule has 0 amide bonds. The second-order valence-electron chi connectivity index (χ2n) is 4.94. The lowest BCUT2D eigenvalue weighted by atomic mass is 10.1. The third kappa shape index (κ3) is 5.69. The molecule has 2 rings (SSSR count). The first-order valence-corrected chi connectivity index (χ1v) is 8.60. The molecule has 0 unspecified atom stereocenters. The molecule has 0 bridgehead atoms. The van der Waals surface area contributed by atoms with E-state index >= 15 is 0 Å². The van der Waals surface area contributed by atoms with Crippen molar-refractivity contribution in [2.75, 3.05) is 37.7 Å². The van der Waals surface area contributed by atoms with Crippen molar-refractivity contribution in [2.45, 2.75) is 12.8 Å². The molecule has 0 atom stereocenters. The van der Waals surface area contributed by atoms with Crippen LogP contribution in [-0.4, -0.2) is 47.6 Å². The highest BCUT2D eigenvalue weighted by Gasteiger charge is 2.08.